The average molecular weight is 360 g/mol. The molecule has 3 N–H and O–H groups in total. The maximum atomic E-state index is 12.2. The van der Waals surface area contributed by atoms with Crippen molar-refractivity contribution in [1.29, 1.82) is 0 Å². The molecule has 1 heterocycles. The number of sulfonamides is 1. The maximum absolute atomic E-state index is 12.2. The second-order valence-corrected chi connectivity index (χ2v) is 7.82. The Kier molecular flexibility index (Phi) is 6.02. The van der Waals surface area contributed by atoms with Crippen molar-refractivity contribution < 1.29 is 13.2 Å². The molecule has 0 atom stereocenters. The summed E-state index contributed by atoms with van der Waals surface area (Å²) in [5.41, 5.74) is 0.376. The zero-order valence-corrected chi connectivity index (χ0v) is 14.4. The minimum atomic E-state index is -3.54. The Morgan fingerprint density at radius 2 is 1.91 bits per heavy atom. The fourth-order valence-corrected chi connectivity index (χ4v) is 3.43. The lowest BCUT2D eigenvalue weighted by molar-refractivity contribution is 0.0942. The van der Waals surface area contributed by atoms with Crippen molar-refractivity contribution in [2.75, 3.05) is 26.2 Å². The van der Waals surface area contributed by atoms with E-state index in [0.717, 1.165) is 25.9 Å². The monoisotopic (exact) mass is 359 g/mol. The lowest BCUT2D eigenvalue weighted by Gasteiger charge is -2.27. The van der Waals surface area contributed by atoms with Gasteiger partial charge in [0.2, 0.25) is 10.0 Å². The summed E-state index contributed by atoms with van der Waals surface area (Å²) in [7, 11) is -3.54. The minimum absolute atomic E-state index is 0. The largest absolute Gasteiger partial charge is 0.352 e. The quantitative estimate of drug-likeness (QED) is 0.670. The lowest BCUT2D eigenvalue weighted by atomic mass is 10.0. The molecule has 1 aliphatic heterocycles. The van der Waals surface area contributed by atoms with Gasteiger partial charge in [0.1, 0.15) is 0 Å². The third kappa shape index (κ3) is 4.91. The molecule has 8 heteroatoms. The number of halogens is 1. The number of hydrogen-bond acceptors (Lipinski definition) is 4. The summed E-state index contributed by atoms with van der Waals surface area (Å²) in [6.07, 6.45) is 2.17. The topological polar surface area (TPSA) is 87.3 Å². The summed E-state index contributed by atoms with van der Waals surface area (Å²) in [5, 5.41) is 5.99. The predicted molar refractivity (Wildman–Crippen MR) is 90.3 cm³/mol. The SMILES string of the molecule is Cl.O=C(NCC1CNC1)c1cccc(S(=O)(=O)NCC2CC2)c1. The van der Waals surface area contributed by atoms with Gasteiger partial charge in [-0.05, 0) is 37.0 Å². The van der Waals surface area contributed by atoms with Crippen molar-refractivity contribution in [2.45, 2.75) is 17.7 Å². The Bertz CT molecular complexity index is 658. The van der Waals surface area contributed by atoms with E-state index >= 15 is 0 Å². The Hall–Kier alpha value is -1.15. The molecule has 3 rings (SSSR count). The Labute approximate surface area is 142 Å². The molecule has 2 aliphatic rings. The maximum Gasteiger partial charge on any atom is 0.251 e. The number of nitrogens with one attached hydrogen (secondary N) is 3. The van der Waals surface area contributed by atoms with E-state index < -0.39 is 10.0 Å². The van der Waals surface area contributed by atoms with E-state index in [-0.39, 0.29) is 23.2 Å². The van der Waals surface area contributed by atoms with Gasteiger partial charge in [0, 0.05) is 37.7 Å². The van der Waals surface area contributed by atoms with Crippen LogP contribution in [0.3, 0.4) is 0 Å². The number of rotatable bonds is 7. The fraction of sp³-hybridized carbons (Fsp3) is 0.533. The second-order valence-electron chi connectivity index (χ2n) is 6.06. The van der Waals surface area contributed by atoms with Crippen molar-refractivity contribution in [2.24, 2.45) is 11.8 Å². The normalized spacial score (nSPS) is 17.9. The van der Waals surface area contributed by atoms with Crippen molar-refractivity contribution in [1.82, 2.24) is 15.4 Å². The molecule has 1 aromatic rings. The summed E-state index contributed by atoms with van der Waals surface area (Å²) in [5.74, 6) is 0.708. The molecular weight excluding hydrogens is 338 g/mol. The summed E-state index contributed by atoms with van der Waals surface area (Å²) >= 11 is 0. The van der Waals surface area contributed by atoms with Crippen LogP contribution in [0.5, 0.6) is 0 Å². The molecule has 1 saturated carbocycles. The molecule has 1 amide bonds. The average Bonchev–Trinajstić information content (AvgIpc) is 3.28. The Balaban J connectivity index is 0.00000192. The first-order chi connectivity index (χ1) is 10.5. The molecular formula is C15H22ClN3O3S. The third-order valence-electron chi connectivity index (χ3n) is 4.08. The van der Waals surface area contributed by atoms with Crippen LogP contribution in [0, 0.1) is 11.8 Å². The number of carbonyl (C=O) groups is 1. The minimum Gasteiger partial charge on any atom is -0.352 e. The van der Waals surface area contributed by atoms with Crippen LogP contribution in [0.1, 0.15) is 23.2 Å². The summed E-state index contributed by atoms with van der Waals surface area (Å²) in [4.78, 5) is 12.2. The van der Waals surface area contributed by atoms with E-state index in [0.29, 0.717) is 30.5 Å². The highest BCUT2D eigenvalue weighted by Crippen LogP contribution is 2.28. The van der Waals surface area contributed by atoms with Crippen LogP contribution in [0.25, 0.3) is 0 Å². The molecule has 0 aromatic heterocycles. The van der Waals surface area contributed by atoms with E-state index in [1.165, 1.54) is 12.1 Å². The molecule has 128 valence electrons. The van der Waals surface area contributed by atoms with Crippen LogP contribution in [-0.2, 0) is 10.0 Å². The van der Waals surface area contributed by atoms with Crippen molar-refractivity contribution in [3.63, 3.8) is 0 Å². The highest BCUT2D eigenvalue weighted by Gasteiger charge is 2.24. The summed E-state index contributed by atoms with van der Waals surface area (Å²) < 4.78 is 27.0. The second kappa shape index (κ2) is 7.61. The van der Waals surface area contributed by atoms with E-state index in [2.05, 4.69) is 15.4 Å². The fourth-order valence-electron chi connectivity index (χ4n) is 2.27. The molecule has 1 saturated heterocycles. The lowest BCUT2D eigenvalue weighted by Crippen LogP contribution is -2.48. The van der Waals surface area contributed by atoms with Crippen molar-refractivity contribution in [3.05, 3.63) is 29.8 Å². The molecule has 0 radical (unpaired) electrons. The van der Waals surface area contributed by atoms with E-state index in [4.69, 9.17) is 0 Å². The number of amides is 1. The van der Waals surface area contributed by atoms with Crippen LogP contribution in [0.4, 0.5) is 0 Å². The van der Waals surface area contributed by atoms with Crippen molar-refractivity contribution >= 4 is 28.3 Å². The number of hydrogen-bond donors (Lipinski definition) is 3. The van der Waals surface area contributed by atoms with Gasteiger partial charge in [-0.25, -0.2) is 13.1 Å². The first kappa shape index (κ1) is 18.2. The highest BCUT2D eigenvalue weighted by atomic mass is 35.5. The van der Waals surface area contributed by atoms with Gasteiger partial charge in [0.05, 0.1) is 4.90 Å². The molecule has 6 nitrogen and oxygen atoms in total. The summed E-state index contributed by atoms with van der Waals surface area (Å²) in [6.45, 7) is 2.93. The first-order valence-electron chi connectivity index (χ1n) is 7.63. The van der Waals surface area contributed by atoms with Gasteiger partial charge in [-0.1, -0.05) is 6.07 Å². The molecule has 23 heavy (non-hydrogen) atoms. The van der Waals surface area contributed by atoms with Crippen LogP contribution in [-0.4, -0.2) is 40.5 Å². The molecule has 0 bridgehead atoms. The van der Waals surface area contributed by atoms with Gasteiger partial charge in [-0.3, -0.25) is 4.79 Å². The van der Waals surface area contributed by atoms with Gasteiger partial charge in [-0.2, -0.15) is 0 Å². The van der Waals surface area contributed by atoms with E-state index in [1.54, 1.807) is 12.1 Å². The predicted octanol–water partition coefficient (Wildman–Crippen LogP) is 0.746. The van der Waals surface area contributed by atoms with E-state index in [9.17, 15) is 13.2 Å². The molecule has 0 unspecified atom stereocenters. The standard InChI is InChI=1S/C15H21N3O3S.ClH/c19-15(17-9-12-7-16-8-12)13-2-1-3-14(6-13)22(20,21)18-10-11-4-5-11;/h1-3,6,11-12,16,18H,4-5,7-10H2,(H,17,19);1H. The van der Waals surface area contributed by atoms with Gasteiger partial charge >= 0.3 is 0 Å². The van der Waals surface area contributed by atoms with Crippen molar-refractivity contribution in [3.8, 4) is 0 Å². The van der Waals surface area contributed by atoms with E-state index in [1.807, 2.05) is 0 Å². The van der Waals surface area contributed by atoms with Crippen LogP contribution >= 0.6 is 12.4 Å². The number of benzene rings is 1. The zero-order chi connectivity index (χ0) is 15.6. The zero-order valence-electron chi connectivity index (χ0n) is 12.7. The van der Waals surface area contributed by atoms with Crippen LogP contribution in [0.2, 0.25) is 0 Å². The Morgan fingerprint density at radius 3 is 2.52 bits per heavy atom. The third-order valence-corrected chi connectivity index (χ3v) is 5.50. The first-order valence-corrected chi connectivity index (χ1v) is 9.11. The summed E-state index contributed by atoms with van der Waals surface area (Å²) in [6, 6.07) is 6.19. The van der Waals surface area contributed by atoms with Gasteiger partial charge in [0.25, 0.3) is 5.91 Å². The smallest absolute Gasteiger partial charge is 0.251 e. The highest BCUT2D eigenvalue weighted by molar-refractivity contribution is 7.89. The Morgan fingerprint density at radius 1 is 1.17 bits per heavy atom. The van der Waals surface area contributed by atoms with Gasteiger partial charge in [-0.15, -0.1) is 12.4 Å². The van der Waals surface area contributed by atoms with Gasteiger partial charge in [0.15, 0.2) is 0 Å². The number of carbonyl (C=O) groups excluding carboxylic acids is 1. The molecule has 0 spiro atoms. The van der Waals surface area contributed by atoms with Gasteiger partial charge < -0.3 is 10.6 Å². The van der Waals surface area contributed by atoms with Crippen LogP contribution < -0.4 is 15.4 Å². The van der Waals surface area contributed by atoms with Crippen LogP contribution in [0.15, 0.2) is 29.2 Å². The molecule has 1 aliphatic carbocycles. The molecule has 2 fully saturated rings. The molecule has 1 aromatic carbocycles.